The van der Waals surface area contributed by atoms with Gasteiger partial charge < -0.3 is 14.1 Å². The van der Waals surface area contributed by atoms with Gasteiger partial charge in [0.15, 0.2) is 5.89 Å². The van der Waals surface area contributed by atoms with E-state index in [1.165, 1.54) is 12.1 Å². The summed E-state index contributed by atoms with van der Waals surface area (Å²) in [5.74, 6) is 2.29. The minimum atomic E-state index is -0.254. The van der Waals surface area contributed by atoms with Gasteiger partial charge in [0.25, 0.3) is 0 Å². The monoisotopic (exact) mass is 451 g/mol. The largest absolute Gasteiger partial charge is 0.497 e. The Morgan fingerprint density at radius 3 is 2.64 bits per heavy atom. The SMILES string of the molecule is COc1ccc(Cc2cnc([C@@H]3CCCN(C(=O)CN(C)Cc4ccc(F)cc4)C3)o2)cc1. The lowest BCUT2D eigenvalue weighted by atomic mass is 9.98. The maximum atomic E-state index is 13.1. The number of hydrogen-bond donors (Lipinski definition) is 0. The molecule has 4 rings (SSSR count). The van der Waals surface area contributed by atoms with Crippen molar-refractivity contribution in [1.29, 1.82) is 0 Å². The van der Waals surface area contributed by atoms with E-state index in [4.69, 9.17) is 9.15 Å². The van der Waals surface area contributed by atoms with Gasteiger partial charge in [-0.15, -0.1) is 0 Å². The molecule has 0 aliphatic carbocycles. The topological polar surface area (TPSA) is 58.8 Å². The van der Waals surface area contributed by atoms with Crippen molar-refractivity contribution >= 4 is 5.91 Å². The highest BCUT2D eigenvalue weighted by Gasteiger charge is 2.28. The molecule has 3 aromatic rings. The van der Waals surface area contributed by atoms with Gasteiger partial charge >= 0.3 is 0 Å². The number of rotatable bonds is 8. The summed E-state index contributed by atoms with van der Waals surface area (Å²) in [4.78, 5) is 21.3. The number of halogens is 1. The zero-order valence-electron chi connectivity index (χ0n) is 19.2. The number of likely N-dealkylation sites (tertiary alicyclic amines) is 1. The number of aromatic nitrogens is 1. The molecule has 0 bridgehead atoms. The van der Waals surface area contributed by atoms with Crippen LogP contribution in [0.3, 0.4) is 0 Å². The third kappa shape index (κ3) is 6.20. The van der Waals surface area contributed by atoms with Gasteiger partial charge in [0.05, 0.1) is 25.8 Å². The molecule has 1 atom stereocenters. The lowest BCUT2D eigenvalue weighted by Gasteiger charge is -2.32. The maximum Gasteiger partial charge on any atom is 0.236 e. The van der Waals surface area contributed by atoms with Crippen molar-refractivity contribution in [3.05, 3.63) is 83.3 Å². The molecule has 2 heterocycles. The lowest BCUT2D eigenvalue weighted by molar-refractivity contribution is -0.133. The Morgan fingerprint density at radius 1 is 1.18 bits per heavy atom. The van der Waals surface area contributed by atoms with Gasteiger partial charge in [-0.3, -0.25) is 9.69 Å². The second-order valence-electron chi connectivity index (χ2n) is 8.67. The molecule has 1 amide bonds. The number of ether oxygens (including phenoxy) is 1. The average molecular weight is 452 g/mol. The smallest absolute Gasteiger partial charge is 0.236 e. The fourth-order valence-electron chi connectivity index (χ4n) is 4.23. The molecule has 1 aromatic heterocycles. The number of carbonyl (C=O) groups is 1. The second-order valence-corrected chi connectivity index (χ2v) is 8.67. The van der Waals surface area contributed by atoms with Crippen molar-refractivity contribution < 1.29 is 18.3 Å². The molecule has 7 heteroatoms. The van der Waals surface area contributed by atoms with E-state index in [1.54, 1.807) is 25.4 Å². The van der Waals surface area contributed by atoms with Gasteiger partial charge in [0.1, 0.15) is 17.3 Å². The van der Waals surface area contributed by atoms with Gasteiger partial charge in [-0.05, 0) is 55.3 Å². The Balaban J connectivity index is 1.31. The molecule has 1 saturated heterocycles. The summed E-state index contributed by atoms with van der Waals surface area (Å²) in [5, 5.41) is 0. The molecule has 6 nitrogen and oxygen atoms in total. The van der Waals surface area contributed by atoms with Gasteiger partial charge in [-0.2, -0.15) is 0 Å². The van der Waals surface area contributed by atoms with Crippen LogP contribution in [0.1, 0.15) is 41.5 Å². The molecule has 0 saturated carbocycles. The third-order valence-electron chi connectivity index (χ3n) is 6.00. The van der Waals surface area contributed by atoms with Crippen molar-refractivity contribution in [1.82, 2.24) is 14.8 Å². The summed E-state index contributed by atoms with van der Waals surface area (Å²) < 4.78 is 24.4. The second kappa shape index (κ2) is 10.6. The summed E-state index contributed by atoms with van der Waals surface area (Å²) in [5.41, 5.74) is 2.11. The Bertz CT molecular complexity index is 1050. The third-order valence-corrected chi connectivity index (χ3v) is 6.00. The van der Waals surface area contributed by atoms with Crippen molar-refractivity contribution in [3.63, 3.8) is 0 Å². The van der Waals surface area contributed by atoms with Crippen molar-refractivity contribution in [2.45, 2.75) is 31.7 Å². The van der Waals surface area contributed by atoms with Crippen LogP contribution in [0.4, 0.5) is 4.39 Å². The number of methoxy groups -OCH3 is 1. The van der Waals surface area contributed by atoms with E-state index in [1.807, 2.05) is 41.1 Å². The maximum absolute atomic E-state index is 13.1. The summed E-state index contributed by atoms with van der Waals surface area (Å²) in [6.07, 6.45) is 4.34. The number of piperidine rings is 1. The molecule has 1 fully saturated rings. The molecule has 1 aliphatic heterocycles. The molecular formula is C26H30FN3O3. The van der Waals surface area contributed by atoms with Crippen LogP contribution >= 0.6 is 0 Å². The van der Waals surface area contributed by atoms with E-state index in [-0.39, 0.29) is 17.6 Å². The minimum absolute atomic E-state index is 0.0920. The number of likely N-dealkylation sites (N-methyl/N-ethyl adjacent to an activating group) is 1. The molecule has 1 aliphatic rings. The zero-order valence-corrected chi connectivity index (χ0v) is 19.2. The van der Waals surface area contributed by atoms with Crippen molar-refractivity contribution in [2.75, 3.05) is 33.8 Å². The van der Waals surface area contributed by atoms with Crippen LogP contribution in [-0.4, -0.2) is 54.5 Å². The molecular weight excluding hydrogens is 421 g/mol. The summed E-state index contributed by atoms with van der Waals surface area (Å²) >= 11 is 0. The molecule has 174 valence electrons. The zero-order chi connectivity index (χ0) is 23.2. The first-order valence-electron chi connectivity index (χ1n) is 11.3. The van der Waals surface area contributed by atoms with Crippen LogP contribution in [-0.2, 0) is 17.8 Å². The first-order valence-corrected chi connectivity index (χ1v) is 11.3. The standard InChI is InChI=1S/C26H30FN3O3/c1-29(16-20-5-9-22(27)10-6-20)18-25(31)30-13-3-4-21(17-30)26-28-15-24(33-26)14-19-7-11-23(32-2)12-8-19/h5-12,15,21H,3-4,13-14,16-18H2,1-2H3/t21-/m1/s1. The van der Waals surface area contributed by atoms with Crippen molar-refractivity contribution in [2.24, 2.45) is 0 Å². The number of amides is 1. The first kappa shape index (κ1) is 23.0. The Labute approximate surface area is 194 Å². The Hall–Kier alpha value is -3.19. The Morgan fingerprint density at radius 2 is 1.91 bits per heavy atom. The summed E-state index contributed by atoms with van der Waals surface area (Å²) in [6.45, 7) is 2.28. The van der Waals surface area contributed by atoms with Crippen molar-refractivity contribution in [3.8, 4) is 5.75 Å². The summed E-state index contributed by atoms with van der Waals surface area (Å²) in [7, 11) is 3.56. The van der Waals surface area contributed by atoms with E-state index in [0.717, 1.165) is 42.0 Å². The van der Waals surface area contributed by atoms with E-state index in [2.05, 4.69) is 4.98 Å². The fourth-order valence-corrected chi connectivity index (χ4v) is 4.23. The van der Waals surface area contributed by atoms with Crippen LogP contribution in [0.2, 0.25) is 0 Å². The van der Waals surface area contributed by atoms with Crippen LogP contribution in [0.5, 0.6) is 5.75 Å². The van der Waals surface area contributed by atoms with Crippen LogP contribution in [0.25, 0.3) is 0 Å². The molecule has 0 spiro atoms. The van der Waals surface area contributed by atoms with E-state index in [9.17, 15) is 9.18 Å². The molecule has 0 radical (unpaired) electrons. The predicted octanol–water partition coefficient (Wildman–Crippen LogP) is 4.25. The number of nitrogens with zero attached hydrogens (tertiary/aromatic N) is 3. The molecule has 0 unspecified atom stereocenters. The lowest BCUT2D eigenvalue weighted by Crippen LogP contribution is -2.43. The van der Waals surface area contributed by atoms with Crippen LogP contribution < -0.4 is 4.74 Å². The molecule has 33 heavy (non-hydrogen) atoms. The normalized spacial score (nSPS) is 16.2. The summed E-state index contributed by atoms with van der Waals surface area (Å²) in [6, 6.07) is 14.3. The quantitative estimate of drug-likeness (QED) is 0.513. The van der Waals surface area contributed by atoms with Gasteiger partial charge in [0, 0.05) is 26.1 Å². The number of hydrogen-bond acceptors (Lipinski definition) is 5. The van der Waals surface area contributed by atoms with Crippen LogP contribution in [0, 0.1) is 5.82 Å². The van der Waals surface area contributed by atoms with Gasteiger partial charge in [-0.25, -0.2) is 9.37 Å². The van der Waals surface area contributed by atoms with E-state index < -0.39 is 0 Å². The predicted molar refractivity (Wildman–Crippen MR) is 124 cm³/mol. The Kier molecular flexibility index (Phi) is 7.40. The molecule has 2 aromatic carbocycles. The van der Waals surface area contributed by atoms with Gasteiger partial charge in [0.2, 0.25) is 5.91 Å². The number of carbonyl (C=O) groups excluding carboxylic acids is 1. The molecule has 0 N–H and O–H groups in total. The highest BCUT2D eigenvalue weighted by molar-refractivity contribution is 5.78. The first-order chi connectivity index (χ1) is 16.0. The highest BCUT2D eigenvalue weighted by Crippen LogP contribution is 2.27. The number of benzene rings is 2. The highest BCUT2D eigenvalue weighted by atomic mass is 19.1. The van der Waals surface area contributed by atoms with Crippen LogP contribution in [0.15, 0.2) is 59.1 Å². The average Bonchev–Trinajstić information content (AvgIpc) is 3.29. The number of oxazole rings is 1. The van der Waals surface area contributed by atoms with E-state index >= 15 is 0 Å². The van der Waals surface area contributed by atoms with E-state index in [0.29, 0.717) is 31.9 Å². The fraction of sp³-hybridized carbons (Fsp3) is 0.385. The van der Waals surface area contributed by atoms with Gasteiger partial charge in [-0.1, -0.05) is 24.3 Å². The minimum Gasteiger partial charge on any atom is -0.497 e.